The molecule has 62 heavy (non-hydrogen) atoms. The highest BCUT2D eigenvalue weighted by Gasteiger charge is 2.23. The number of fused-ring (bicyclic) bond motifs is 3. The van der Waals surface area contributed by atoms with Crippen LogP contribution in [0.4, 0.5) is 22.7 Å². The van der Waals surface area contributed by atoms with Gasteiger partial charge in [0.25, 0.3) is 0 Å². The molecule has 0 saturated heterocycles. The van der Waals surface area contributed by atoms with Gasteiger partial charge in [0.15, 0.2) is 0 Å². The van der Waals surface area contributed by atoms with Crippen LogP contribution in [0.1, 0.15) is 40.0 Å². The van der Waals surface area contributed by atoms with Crippen molar-refractivity contribution in [2.45, 2.75) is 26.2 Å². The summed E-state index contributed by atoms with van der Waals surface area (Å²) in [6.45, 7) is 6.64. The molecule has 0 aliphatic carbocycles. The van der Waals surface area contributed by atoms with Crippen LogP contribution in [0, 0.1) is 0 Å². The molecule has 0 atom stereocenters. The highest BCUT2D eigenvalue weighted by molar-refractivity contribution is 6.09. The number of hydrogen-bond donors (Lipinski definition) is 2. The van der Waals surface area contributed by atoms with Crippen LogP contribution < -0.4 is 15.4 Å². The molecule has 5 nitrogen and oxygen atoms in total. The number of nitrogens with zero attached hydrogens (tertiary/aromatic N) is 2. The van der Waals surface area contributed by atoms with Crippen molar-refractivity contribution in [3.63, 3.8) is 0 Å². The van der Waals surface area contributed by atoms with Gasteiger partial charge >= 0.3 is 0 Å². The summed E-state index contributed by atoms with van der Waals surface area (Å²) in [6, 6.07) is 41.1. The molecule has 300 valence electrons. The minimum Gasteiger partial charge on any atom is -0.457 e. The van der Waals surface area contributed by atoms with Crippen LogP contribution in [0.3, 0.4) is 0 Å². The summed E-state index contributed by atoms with van der Waals surface area (Å²) >= 11 is 0. The number of para-hydroxylation sites is 4. The maximum absolute atomic E-state index is 8.89. The van der Waals surface area contributed by atoms with Gasteiger partial charge < -0.3 is 15.4 Å². The summed E-state index contributed by atoms with van der Waals surface area (Å²) in [4.78, 5) is 5.08. The minimum absolute atomic E-state index is 0.126. The van der Waals surface area contributed by atoms with Crippen molar-refractivity contribution in [2.75, 3.05) is 10.6 Å². The van der Waals surface area contributed by atoms with E-state index in [1.54, 1.807) is 30.3 Å². The van der Waals surface area contributed by atoms with E-state index in [2.05, 4.69) is 72.4 Å². The fraction of sp³-hybridized carbons (Fsp3) is 0.0702. The molecular weight excluding hydrogens is 757 g/mol. The number of rotatable bonds is 10. The maximum Gasteiger partial charge on any atom is 0.137 e. The van der Waals surface area contributed by atoms with Gasteiger partial charge in [-0.3, -0.25) is 4.57 Å². The molecule has 10 rings (SSSR count). The van der Waals surface area contributed by atoms with Crippen molar-refractivity contribution >= 4 is 44.6 Å². The minimum atomic E-state index is -0.563. The average Bonchev–Trinajstić information content (AvgIpc) is 3.71. The van der Waals surface area contributed by atoms with Crippen molar-refractivity contribution in [1.82, 2.24) is 9.55 Å². The number of benzene rings is 8. The van der Waals surface area contributed by atoms with Crippen molar-refractivity contribution in [3.8, 4) is 50.7 Å². The highest BCUT2D eigenvalue weighted by atomic mass is 16.5. The molecule has 0 aliphatic rings. The Bertz CT molecular complexity index is 3650. The lowest BCUT2D eigenvalue weighted by atomic mass is 9.82. The number of aromatic nitrogens is 2. The van der Waals surface area contributed by atoms with E-state index < -0.39 is 60.4 Å². The lowest BCUT2D eigenvalue weighted by Gasteiger charge is -2.24. The molecule has 10 aromatic rings. The highest BCUT2D eigenvalue weighted by Crippen LogP contribution is 2.42. The van der Waals surface area contributed by atoms with Gasteiger partial charge in [-0.1, -0.05) is 166 Å². The van der Waals surface area contributed by atoms with E-state index in [9.17, 15) is 0 Å². The van der Waals surface area contributed by atoms with Gasteiger partial charge in [0.1, 0.15) is 17.3 Å². The summed E-state index contributed by atoms with van der Waals surface area (Å²) < 4.78 is 94.7. The molecule has 0 radical (unpaired) electrons. The molecule has 0 amide bonds. The van der Waals surface area contributed by atoms with E-state index in [4.69, 9.17) is 23.4 Å². The molecule has 0 fully saturated rings. The van der Waals surface area contributed by atoms with Gasteiger partial charge in [-0.05, 0) is 76.2 Å². The first-order valence-corrected chi connectivity index (χ1v) is 20.3. The van der Waals surface area contributed by atoms with Crippen LogP contribution in [0.25, 0.3) is 61.0 Å². The first-order valence-electron chi connectivity index (χ1n) is 25.3. The molecule has 2 heterocycles. The predicted molar refractivity (Wildman–Crippen MR) is 260 cm³/mol. The van der Waals surface area contributed by atoms with Crippen molar-refractivity contribution in [2.24, 2.45) is 0 Å². The van der Waals surface area contributed by atoms with Crippen LogP contribution >= 0.6 is 0 Å². The standard InChI is InChI=1S/C57H46N4O/c1-57(2,3)50-37-55(58-38-49(50)41-23-11-6-12-24-41)61-53-32-16-13-27-47(53)48-34-33-44(36-54(48)61)62-43-26-17-25-42(35-43)59-51-30-14-15-31-52(51)60-56-45(39-19-7-4-8-20-39)28-18-29-46(56)40-21-9-5-10-22-40/h4-38,59-60H,1-3H3/i4D,5D,7D,8D,9D,10D,19D,20D,21D,22D. The Balaban J connectivity index is 1.02. The summed E-state index contributed by atoms with van der Waals surface area (Å²) in [6.07, 6.45) is 1.97. The molecule has 0 spiro atoms. The fourth-order valence-corrected chi connectivity index (χ4v) is 7.93. The third kappa shape index (κ3) is 7.57. The lowest BCUT2D eigenvalue weighted by Crippen LogP contribution is -2.14. The maximum atomic E-state index is 8.89. The summed E-state index contributed by atoms with van der Waals surface area (Å²) in [7, 11) is 0. The first kappa shape index (κ1) is 28.6. The summed E-state index contributed by atoms with van der Waals surface area (Å²) in [5, 5.41) is 9.00. The van der Waals surface area contributed by atoms with Gasteiger partial charge in [0, 0.05) is 51.5 Å². The molecule has 0 bridgehead atoms. The van der Waals surface area contributed by atoms with Crippen LogP contribution in [0.15, 0.2) is 212 Å². The number of ether oxygens (including phenoxy) is 1. The molecule has 5 heteroatoms. The predicted octanol–water partition coefficient (Wildman–Crippen LogP) is 15.8. The zero-order valence-corrected chi connectivity index (χ0v) is 34.2. The number of hydrogen-bond acceptors (Lipinski definition) is 4. The monoisotopic (exact) mass is 812 g/mol. The zero-order valence-electron chi connectivity index (χ0n) is 44.2. The van der Waals surface area contributed by atoms with Gasteiger partial charge in [-0.15, -0.1) is 0 Å². The topological polar surface area (TPSA) is 51.1 Å². The molecule has 0 unspecified atom stereocenters. The normalized spacial score (nSPS) is 13.7. The molecule has 0 saturated carbocycles. The molecule has 2 N–H and O–H groups in total. The smallest absolute Gasteiger partial charge is 0.137 e. The Kier molecular flexibility index (Phi) is 7.50. The largest absolute Gasteiger partial charge is 0.457 e. The Morgan fingerprint density at radius 2 is 1.13 bits per heavy atom. The first-order chi connectivity index (χ1) is 34.5. The molecule has 8 aromatic carbocycles. The second-order valence-corrected chi connectivity index (χ2v) is 15.9. The molecular formula is C57H46N4O. The van der Waals surface area contributed by atoms with Crippen molar-refractivity contribution in [3.05, 3.63) is 218 Å². The fourth-order valence-electron chi connectivity index (χ4n) is 7.93. The summed E-state index contributed by atoms with van der Waals surface area (Å²) in [5.41, 5.74) is 7.02. The van der Waals surface area contributed by atoms with E-state index in [1.807, 2.05) is 85.1 Å². The van der Waals surface area contributed by atoms with E-state index in [0.29, 0.717) is 28.6 Å². The number of pyridine rings is 1. The van der Waals surface area contributed by atoms with E-state index >= 15 is 0 Å². The van der Waals surface area contributed by atoms with Crippen LogP contribution in [-0.2, 0) is 5.41 Å². The van der Waals surface area contributed by atoms with E-state index in [1.165, 1.54) is 5.56 Å². The number of anilines is 4. The second-order valence-electron chi connectivity index (χ2n) is 15.9. The Hall–Kier alpha value is -7.89. The van der Waals surface area contributed by atoms with E-state index in [0.717, 1.165) is 38.8 Å². The van der Waals surface area contributed by atoms with Crippen LogP contribution in [0.5, 0.6) is 11.5 Å². The number of nitrogens with one attached hydrogen (secondary N) is 2. The molecule has 0 aliphatic heterocycles. The second kappa shape index (κ2) is 16.3. The SMILES string of the molecule is [2H]c1c([2H])c([2H])c(-c2cccc(-c3c([2H])c([2H])c([2H])c([2H])c3[2H])c2Nc2ccccc2Nc2cccc(Oc3ccc4c5ccccc5n(-c5cc(C(C)(C)C)c(-c6ccccc6)cn5)c4c3)c2)c([2H])c1[2H]. The van der Waals surface area contributed by atoms with Gasteiger partial charge in [0.05, 0.1) is 41.8 Å². The van der Waals surface area contributed by atoms with Gasteiger partial charge in [-0.2, -0.15) is 0 Å². The Morgan fingerprint density at radius 3 is 1.84 bits per heavy atom. The Morgan fingerprint density at radius 1 is 0.516 bits per heavy atom. The van der Waals surface area contributed by atoms with Crippen LogP contribution in [0.2, 0.25) is 0 Å². The zero-order chi connectivity index (χ0) is 50.7. The third-order valence-corrected chi connectivity index (χ3v) is 10.8. The summed E-state index contributed by atoms with van der Waals surface area (Å²) in [5.74, 6) is 1.94. The van der Waals surface area contributed by atoms with Crippen LogP contribution in [-0.4, -0.2) is 9.55 Å². The third-order valence-electron chi connectivity index (χ3n) is 10.8. The van der Waals surface area contributed by atoms with Crippen molar-refractivity contribution < 1.29 is 18.4 Å². The Labute approximate surface area is 377 Å². The van der Waals surface area contributed by atoms with E-state index in [-0.39, 0.29) is 33.4 Å². The van der Waals surface area contributed by atoms with Gasteiger partial charge in [-0.25, -0.2) is 4.98 Å². The van der Waals surface area contributed by atoms with Gasteiger partial charge in [0.2, 0.25) is 0 Å². The van der Waals surface area contributed by atoms with Crippen molar-refractivity contribution in [1.29, 1.82) is 0 Å². The molecule has 2 aromatic heterocycles. The lowest BCUT2D eigenvalue weighted by molar-refractivity contribution is 0.483. The average molecular weight is 813 g/mol. The quantitative estimate of drug-likeness (QED) is 0.144.